The van der Waals surface area contributed by atoms with Crippen LogP contribution in [0.5, 0.6) is 0 Å². The van der Waals surface area contributed by atoms with Crippen LogP contribution in [0, 0.1) is 0 Å². The number of rotatable bonds is 1. The fraction of sp³-hybridized carbons (Fsp3) is 0.375. The van der Waals surface area contributed by atoms with Crippen molar-refractivity contribution in [3.63, 3.8) is 0 Å². The molecule has 0 radical (unpaired) electrons. The first-order valence-electron chi connectivity index (χ1n) is 3.68. The van der Waals surface area contributed by atoms with E-state index in [1.807, 2.05) is 0 Å². The molecule has 4 heteroatoms. The number of carbonyl (C=O) groups is 1. The lowest BCUT2D eigenvalue weighted by atomic mass is 10.3. The molecular weight excluding hydrogens is 159 g/mol. The molecule has 0 aromatic heterocycles. The fourth-order valence-electron chi connectivity index (χ4n) is 1.03. The van der Waals surface area contributed by atoms with E-state index < -0.39 is 12.0 Å². The smallest absolute Gasteiger partial charge is 0.308 e. The Balaban J connectivity index is 2.94. The van der Waals surface area contributed by atoms with Gasteiger partial charge in [0.05, 0.1) is 0 Å². The number of hydrogen-bond acceptors (Lipinski definition) is 1. The third kappa shape index (κ3) is 1.47. The van der Waals surface area contributed by atoms with Crippen molar-refractivity contribution in [1.82, 2.24) is 10.2 Å². The Morgan fingerprint density at radius 2 is 2.25 bits per heavy atom. The van der Waals surface area contributed by atoms with Crippen LogP contribution >= 0.6 is 0 Å². The lowest BCUT2D eigenvalue weighted by Gasteiger charge is -2.28. The Kier molecular flexibility index (Phi) is 2.17. The fourth-order valence-corrected chi connectivity index (χ4v) is 1.03. The predicted octanol–water partition coefficient (Wildman–Crippen LogP) is 1.74. The Bertz CT molecular complexity index is 258. The highest BCUT2D eigenvalue weighted by molar-refractivity contribution is 5.80. The van der Waals surface area contributed by atoms with Gasteiger partial charge in [-0.05, 0) is 13.8 Å². The number of amides is 2. The monoisotopic (exact) mass is 170 g/mol. The van der Waals surface area contributed by atoms with Crippen LogP contribution in [-0.2, 0) is 0 Å². The van der Waals surface area contributed by atoms with Crippen molar-refractivity contribution >= 4 is 6.03 Å². The van der Waals surface area contributed by atoms with Gasteiger partial charge >= 0.3 is 6.03 Å². The molecule has 0 saturated heterocycles. The summed E-state index contributed by atoms with van der Waals surface area (Å²) < 4.78 is 13.1. The predicted molar refractivity (Wildman–Crippen MR) is 43.8 cm³/mol. The van der Waals surface area contributed by atoms with E-state index in [2.05, 4.69) is 11.9 Å². The van der Waals surface area contributed by atoms with Crippen LogP contribution in [0.25, 0.3) is 0 Å². The van der Waals surface area contributed by atoms with E-state index in [1.54, 1.807) is 13.8 Å². The molecule has 1 rings (SSSR count). The summed E-state index contributed by atoms with van der Waals surface area (Å²) in [5.74, 6) is -0.557. The van der Waals surface area contributed by atoms with Crippen molar-refractivity contribution in [2.45, 2.75) is 19.9 Å². The Morgan fingerprint density at radius 1 is 1.67 bits per heavy atom. The second-order valence-corrected chi connectivity index (χ2v) is 2.89. The number of allylic oxidation sites excluding steroid dienone is 1. The van der Waals surface area contributed by atoms with E-state index in [4.69, 9.17) is 0 Å². The molecule has 0 bridgehead atoms. The summed E-state index contributed by atoms with van der Waals surface area (Å²) in [6.45, 7) is 6.91. The van der Waals surface area contributed by atoms with Gasteiger partial charge in [0, 0.05) is 17.8 Å². The molecule has 1 heterocycles. The van der Waals surface area contributed by atoms with Gasteiger partial charge in [0.15, 0.2) is 5.95 Å². The average molecular weight is 170 g/mol. The minimum Gasteiger partial charge on any atom is -0.308 e. The highest BCUT2D eigenvalue weighted by Crippen LogP contribution is 2.16. The Morgan fingerprint density at radius 3 is 2.67 bits per heavy atom. The SMILES string of the molecule is C=C1C=C(F)N(C(C)C)C(=O)N1. The zero-order valence-corrected chi connectivity index (χ0v) is 7.10. The zero-order valence-electron chi connectivity index (χ0n) is 7.10. The molecule has 0 aliphatic carbocycles. The van der Waals surface area contributed by atoms with E-state index in [1.165, 1.54) is 6.08 Å². The van der Waals surface area contributed by atoms with Gasteiger partial charge in [0.1, 0.15) is 0 Å². The molecule has 0 aromatic rings. The van der Waals surface area contributed by atoms with Gasteiger partial charge in [0.2, 0.25) is 0 Å². The lowest BCUT2D eigenvalue weighted by Crippen LogP contribution is -2.44. The van der Waals surface area contributed by atoms with E-state index in [0.717, 1.165) is 4.90 Å². The highest BCUT2D eigenvalue weighted by atomic mass is 19.1. The first-order chi connectivity index (χ1) is 5.52. The molecule has 0 spiro atoms. The molecule has 0 atom stereocenters. The largest absolute Gasteiger partial charge is 0.328 e. The maximum absolute atomic E-state index is 13.1. The van der Waals surface area contributed by atoms with Crippen LogP contribution in [0.3, 0.4) is 0 Å². The molecule has 66 valence electrons. The quantitative estimate of drug-likeness (QED) is 0.597. The van der Waals surface area contributed by atoms with Gasteiger partial charge in [0.25, 0.3) is 0 Å². The van der Waals surface area contributed by atoms with Crippen molar-refractivity contribution in [3.05, 3.63) is 24.3 Å². The summed E-state index contributed by atoms with van der Waals surface area (Å²) in [6, 6.07) is -0.649. The Hall–Kier alpha value is -1.32. The standard InChI is InChI=1S/C8H11FN2O/c1-5(2)11-7(9)4-6(3)10-8(11)12/h4-5H,3H2,1-2H3,(H,10,12). The van der Waals surface area contributed by atoms with E-state index in [9.17, 15) is 9.18 Å². The van der Waals surface area contributed by atoms with Gasteiger partial charge in [-0.2, -0.15) is 4.39 Å². The molecule has 12 heavy (non-hydrogen) atoms. The van der Waals surface area contributed by atoms with Crippen LogP contribution < -0.4 is 5.32 Å². The van der Waals surface area contributed by atoms with Crippen molar-refractivity contribution in [1.29, 1.82) is 0 Å². The zero-order chi connectivity index (χ0) is 9.30. The van der Waals surface area contributed by atoms with Crippen LogP contribution in [0.1, 0.15) is 13.8 Å². The second kappa shape index (κ2) is 2.97. The number of nitrogens with one attached hydrogen (secondary N) is 1. The topological polar surface area (TPSA) is 32.3 Å². The summed E-state index contributed by atoms with van der Waals surface area (Å²) in [6.07, 6.45) is 1.20. The van der Waals surface area contributed by atoms with Crippen LogP contribution in [0.4, 0.5) is 9.18 Å². The maximum Gasteiger partial charge on any atom is 0.328 e. The highest BCUT2D eigenvalue weighted by Gasteiger charge is 2.25. The van der Waals surface area contributed by atoms with Crippen molar-refractivity contribution in [3.8, 4) is 0 Å². The minimum absolute atomic E-state index is 0.186. The molecule has 3 nitrogen and oxygen atoms in total. The van der Waals surface area contributed by atoms with Crippen LogP contribution in [-0.4, -0.2) is 17.0 Å². The molecule has 0 fully saturated rings. The number of halogens is 1. The molecular formula is C8H11FN2O. The number of urea groups is 1. The maximum atomic E-state index is 13.1. The lowest BCUT2D eigenvalue weighted by molar-refractivity contribution is 0.184. The molecule has 0 unspecified atom stereocenters. The third-order valence-electron chi connectivity index (χ3n) is 1.53. The first-order valence-corrected chi connectivity index (χ1v) is 3.68. The third-order valence-corrected chi connectivity index (χ3v) is 1.53. The average Bonchev–Trinajstić information content (AvgIpc) is 1.82. The van der Waals surface area contributed by atoms with Gasteiger partial charge in [-0.25, -0.2) is 4.79 Å². The number of hydrogen-bond donors (Lipinski definition) is 1. The van der Waals surface area contributed by atoms with Crippen LogP contribution in [0.2, 0.25) is 0 Å². The summed E-state index contributed by atoms with van der Waals surface area (Å²) in [5.41, 5.74) is 0.286. The number of nitrogens with zero attached hydrogens (tertiary/aromatic N) is 1. The molecule has 0 saturated carbocycles. The van der Waals surface area contributed by atoms with E-state index in [0.29, 0.717) is 0 Å². The molecule has 0 aromatic carbocycles. The summed E-state index contributed by atoms with van der Waals surface area (Å²) >= 11 is 0. The molecule has 2 amide bonds. The molecule has 1 aliphatic rings. The normalized spacial score (nSPS) is 18.0. The number of carbonyl (C=O) groups excluding carboxylic acids is 1. The summed E-state index contributed by atoms with van der Waals surface area (Å²) in [4.78, 5) is 12.2. The second-order valence-electron chi connectivity index (χ2n) is 2.89. The molecule has 1 N–H and O–H groups in total. The van der Waals surface area contributed by atoms with E-state index in [-0.39, 0.29) is 11.7 Å². The Labute approximate surface area is 70.5 Å². The van der Waals surface area contributed by atoms with Gasteiger partial charge in [-0.15, -0.1) is 0 Å². The van der Waals surface area contributed by atoms with Crippen LogP contribution in [0.15, 0.2) is 24.3 Å². The van der Waals surface area contributed by atoms with Gasteiger partial charge in [-0.3, -0.25) is 4.90 Å². The van der Waals surface area contributed by atoms with Gasteiger partial charge < -0.3 is 5.32 Å². The minimum atomic E-state index is -0.557. The van der Waals surface area contributed by atoms with Crippen molar-refractivity contribution in [2.24, 2.45) is 0 Å². The summed E-state index contributed by atoms with van der Waals surface area (Å²) in [7, 11) is 0. The summed E-state index contributed by atoms with van der Waals surface area (Å²) in [5, 5.41) is 2.42. The van der Waals surface area contributed by atoms with E-state index >= 15 is 0 Å². The first kappa shape index (κ1) is 8.77. The molecule has 1 aliphatic heterocycles. The van der Waals surface area contributed by atoms with Gasteiger partial charge in [-0.1, -0.05) is 6.58 Å². The van der Waals surface area contributed by atoms with Crippen molar-refractivity contribution < 1.29 is 9.18 Å². The van der Waals surface area contributed by atoms with Crippen molar-refractivity contribution in [2.75, 3.05) is 0 Å².